The lowest BCUT2D eigenvalue weighted by Gasteiger charge is -2.28. The molecule has 1 fully saturated rings. The number of amides is 1. The Morgan fingerprint density at radius 2 is 2.05 bits per heavy atom. The molecule has 0 unspecified atom stereocenters. The number of hydrogen-bond acceptors (Lipinski definition) is 4. The van der Waals surface area contributed by atoms with Crippen LogP contribution in [0.25, 0.3) is 0 Å². The zero-order valence-electron chi connectivity index (χ0n) is 12.7. The number of carbonyl (C=O) groups is 1. The average molecular weight is 304 g/mol. The van der Waals surface area contributed by atoms with Gasteiger partial charge in [-0.1, -0.05) is 30.5 Å². The summed E-state index contributed by atoms with van der Waals surface area (Å²) < 4.78 is 0. The summed E-state index contributed by atoms with van der Waals surface area (Å²) in [5.41, 5.74) is 9.77. The number of benzene rings is 1. The Bertz CT molecular complexity index is 610. The van der Waals surface area contributed by atoms with Crippen molar-refractivity contribution in [3.8, 4) is 0 Å². The second kappa shape index (κ2) is 6.22. The fourth-order valence-electron chi connectivity index (χ4n) is 1.87. The van der Waals surface area contributed by atoms with Gasteiger partial charge in [0.25, 0.3) is 0 Å². The summed E-state index contributed by atoms with van der Waals surface area (Å²) in [6.45, 7) is 7.97. The highest BCUT2D eigenvalue weighted by Gasteiger charge is 2.30. The number of amidine groups is 1. The van der Waals surface area contributed by atoms with E-state index in [4.69, 9.17) is 0 Å². The highest BCUT2D eigenvalue weighted by molar-refractivity contribution is 8.15. The van der Waals surface area contributed by atoms with Crippen LogP contribution in [0.15, 0.2) is 35.5 Å². The molecule has 2 rings (SSSR count). The third kappa shape index (κ3) is 3.39. The van der Waals surface area contributed by atoms with Gasteiger partial charge in [-0.15, -0.1) is 0 Å². The van der Waals surface area contributed by atoms with Crippen LogP contribution in [0.1, 0.15) is 11.1 Å². The van der Waals surface area contributed by atoms with Gasteiger partial charge >= 0.3 is 0 Å². The van der Waals surface area contributed by atoms with Gasteiger partial charge in [-0.05, 0) is 31.0 Å². The van der Waals surface area contributed by atoms with E-state index in [-0.39, 0.29) is 11.2 Å². The number of aliphatic imine (C=N–C) groups is 1. The number of aryl methyl sites for hydroxylation is 1. The maximum Gasteiger partial charge on any atom is 0.241 e. The highest BCUT2D eigenvalue weighted by Crippen LogP contribution is 2.27. The van der Waals surface area contributed by atoms with Crippen molar-refractivity contribution in [3.63, 3.8) is 0 Å². The zero-order valence-corrected chi connectivity index (χ0v) is 13.5. The summed E-state index contributed by atoms with van der Waals surface area (Å²) in [4.78, 5) is 18.3. The van der Waals surface area contributed by atoms with Crippen LogP contribution >= 0.6 is 11.8 Å². The molecule has 0 aliphatic carbocycles. The number of nitrogens with zero attached hydrogens (tertiary/aromatic N) is 2. The van der Waals surface area contributed by atoms with Gasteiger partial charge < -0.3 is 10.3 Å². The van der Waals surface area contributed by atoms with Gasteiger partial charge in [0.05, 0.1) is 5.69 Å². The van der Waals surface area contributed by atoms with E-state index in [2.05, 4.69) is 35.4 Å². The maximum atomic E-state index is 12.1. The minimum absolute atomic E-state index is 0.00679. The molecule has 1 atom stereocenters. The summed E-state index contributed by atoms with van der Waals surface area (Å²) in [5, 5.41) is 0.293. The van der Waals surface area contributed by atoms with Gasteiger partial charge in [-0.2, -0.15) is 0 Å². The first-order valence-corrected chi connectivity index (χ1v) is 7.51. The number of carbonyl (C=O) groups excluding carboxylic acids is 1. The molecule has 2 N–H and O–H groups in total. The van der Waals surface area contributed by atoms with Crippen molar-refractivity contribution in [2.75, 3.05) is 14.1 Å². The van der Waals surface area contributed by atoms with Crippen molar-refractivity contribution in [2.24, 2.45) is 4.99 Å². The van der Waals surface area contributed by atoms with E-state index in [0.29, 0.717) is 10.9 Å². The number of hydrazine groups is 1. The van der Waals surface area contributed by atoms with Crippen LogP contribution in [0.3, 0.4) is 0 Å². The van der Waals surface area contributed by atoms with Gasteiger partial charge in [0.15, 0.2) is 5.17 Å². The summed E-state index contributed by atoms with van der Waals surface area (Å²) in [7, 11) is 3.47. The van der Waals surface area contributed by atoms with Crippen molar-refractivity contribution >= 4 is 28.5 Å². The summed E-state index contributed by atoms with van der Waals surface area (Å²) in [6.07, 6.45) is 0. The molecular formula is C15H20N4OS. The number of rotatable bonds is 2. The summed E-state index contributed by atoms with van der Waals surface area (Å²) >= 11 is 1.37. The molecule has 5 nitrogen and oxygen atoms in total. The van der Waals surface area contributed by atoms with Crippen LogP contribution in [0.5, 0.6) is 0 Å². The van der Waals surface area contributed by atoms with Crippen molar-refractivity contribution in [1.29, 1.82) is 0 Å². The van der Waals surface area contributed by atoms with Crippen LogP contribution < -0.4 is 10.9 Å². The fourth-order valence-corrected chi connectivity index (χ4v) is 2.86. The largest absolute Gasteiger partial charge is 0.348 e. The summed E-state index contributed by atoms with van der Waals surface area (Å²) in [6, 6.07) is 5.99. The second-order valence-electron chi connectivity index (χ2n) is 5.14. The van der Waals surface area contributed by atoms with Crippen molar-refractivity contribution < 1.29 is 4.79 Å². The molecule has 0 bridgehead atoms. The molecule has 1 amide bonds. The third-order valence-corrected chi connectivity index (χ3v) is 4.48. The molecule has 6 heteroatoms. The predicted molar refractivity (Wildman–Crippen MR) is 88.5 cm³/mol. The molecule has 1 aromatic rings. The molecule has 0 radical (unpaired) electrons. The van der Waals surface area contributed by atoms with E-state index < -0.39 is 0 Å². The van der Waals surface area contributed by atoms with E-state index in [0.717, 1.165) is 11.3 Å². The minimum atomic E-state index is -0.370. The van der Waals surface area contributed by atoms with Crippen molar-refractivity contribution in [2.45, 2.75) is 19.1 Å². The Labute approximate surface area is 129 Å². The van der Waals surface area contributed by atoms with E-state index in [1.165, 1.54) is 17.3 Å². The van der Waals surface area contributed by atoms with Gasteiger partial charge in [0, 0.05) is 19.8 Å². The van der Waals surface area contributed by atoms with Crippen LogP contribution in [0.2, 0.25) is 0 Å². The van der Waals surface area contributed by atoms with Crippen molar-refractivity contribution in [1.82, 2.24) is 15.8 Å². The molecular weight excluding hydrogens is 284 g/mol. The Morgan fingerprint density at radius 3 is 2.71 bits per heavy atom. The highest BCUT2D eigenvalue weighted by atomic mass is 32.2. The first-order valence-electron chi connectivity index (χ1n) is 6.63. The van der Waals surface area contributed by atoms with Crippen LogP contribution in [0, 0.1) is 13.8 Å². The van der Waals surface area contributed by atoms with E-state index in [1.807, 2.05) is 19.1 Å². The lowest BCUT2D eigenvalue weighted by Crippen LogP contribution is -2.48. The molecule has 0 saturated carbocycles. The molecule has 1 aliphatic heterocycles. The lowest BCUT2D eigenvalue weighted by molar-refractivity contribution is -0.127. The molecule has 1 aromatic carbocycles. The number of hydrogen-bond donors (Lipinski definition) is 2. The predicted octanol–water partition coefficient (Wildman–Crippen LogP) is 2.10. The van der Waals surface area contributed by atoms with Crippen LogP contribution in [0.4, 0.5) is 5.69 Å². The molecule has 1 aliphatic rings. The normalized spacial score (nSPS) is 19.9. The van der Waals surface area contributed by atoms with Crippen molar-refractivity contribution in [3.05, 3.63) is 41.6 Å². The number of thioether (sulfide) groups is 1. The quantitative estimate of drug-likeness (QED) is 0.878. The average Bonchev–Trinajstić information content (AvgIpc) is 2.45. The molecule has 1 saturated heterocycles. The minimum Gasteiger partial charge on any atom is -0.348 e. The Balaban J connectivity index is 2.25. The molecule has 0 aromatic heterocycles. The third-order valence-electron chi connectivity index (χ3n) is 3.34. The Hall–Kier alpha value is -1.95. The van der Waals surface area contributed by atoms with Gasteiger partial charge in [0.2, 0.25) is 5.91 Å². The number of nitrogens with one attached hydrogen (secondary N) is 2. The van der Waals surface area contributed by atoms with Crippen LogP contribution in [-0.2, 0) is 4.79 Å². The fraction of sp³-hybridized carbons (Fsp3) is 0.333. The smallest absolute Gasteiger partial charge is 0.241 e. The van der Waals surface area contributed by atoms with E-state index in [1.54, 1.807) is 19.0 Å². The van der Waals surface area contributed by atoms with Gasteiger partial charge in [0.1, 0.15) is 5.25 Å². The first kappa shape index (κ1) is 15.4. The summed E-state index contributed by atoms with van der Waals surface area (Å²) in [5.74, 6) is -0.00679. The lowest BCUT2D eigenvalue weighted by atomic mass is 10.1. The first-order chi connectivity index (χ1) is 9.90. The Morgan fingerprint density at radius 1 is 1.33 bits per heavy atom. The van der Waals surface area contributed by atoms with Gasteiger partial charge in [-0.25, -0.2) is 4.99 Å². The molecule has 1 heterocycles. The maximum absolute atomic E-state index is 12.1. The zero-order chi connectivity index (χ0) is 15.6. The van der Waals surface area contributed by atoms with Gasteiger partial charge in [-0.3, -0.25) is 10.2 Å². The SMILES string of the molecule is C=C1NNC(=Nc2cccc(C)c2C)S[C@@H]1C(=O)N(C)C. The topological polar surface area (TPSA) is 56.7 Å². The second-order valence-corrected chi connectivity index (χ2v) is 6.24. The molecule has 21 heavy (non-hydrogen) atoms. The molecule has 112 valence electrons. The monoisotopic (exact) mass is 304 g/mol. The Kier molecular flexibility index (Phi) is 4.57. The van der Waals surface area contributed by atoms with Crippen LogP contribution in [-0.4, -0.2) is 35.3 Å². The van der Waals surface area contributed by atoms with E-state index in [9.17, 15) is 4.79 Å². The standard InChI is InChI=1S/C15H20N4OS/c1-9-7-6-8-12(10(9)2)16-15-18-17-11(3)13(21-15)14(20)19(4)5/h6-8,13,17H,3H2,1-2,4-5H3,(H,16,18)/t13-/m0/s1. The molecule has 0 spiro atoms. The van der Waals surface area contributed by atoms with E-state index >= 15 is 0 Å².